The third-order valence-corrected chi connectivity index (χ3v) is 3.59. The summed E-state index contributed by atoms with van der Waals surface area (Å²) in [6.45, 7) is 0.0705. The lowest BCUT2D eigenvalue weighted by atomic mass is 10.2. The van der Waals surface area contributed by atoms with Crippen LogP contribution in [-0.4, -0.2) is 16.1 Å². The minimum atomic E-state index is -4.91. The second kappa shape index (κ2) is 8.55. The van der Waals surface area contributed by atoms with Crippen LogP contribution in [0.1, 0.15) is 11.3 Å². The van der Waals surface area contributed by atoms with Gasteiger partial charge in [-0.15, -0.1) is 0 Å². The average Bonchev–Trinajstić information content (AvgIpc) is 2.68. The van der Waals surface area contributed by atoms with E-state index >= 15 is 0 Å². The van der Waals surface area contributed by atoms with Crippen molar-refractivity contribution >= 4 is 17.7 Å². The van der Waals surface area contributed by atoms with Gasteiger partial charge >= 0.3 is 12.3 Å². The normalized spacial score (nSPS) is 11.0. The van der Waals surface area contributed by atoms with E-state index in [1.165, 1.54) is 18.2 Å². The first-order valence-corrected chi connectivity index (χ1v) is 8.28. The predicted molar refractivity (Wildman–Crippen MR) is 96.0 cm³/mol. The van der Waals surface area contributed by atoms with Crippen LogP contribution in [0.4, 0.5) is 34.0 Å². The highest BCUT2D eigenvalue weighted by atomic mass is 19.4. The van der Waals surface area contributed by atoms with Gasteiger partial charge in [-0.1, -0.05) is 36.4 Å². The Balaban J connectivity index is 1.74. The predicted octanol–water partition coefficient (Wildman–Crippen LogP) is 4.67. The van der Waals surface area contributed by atoms with Gasteiger partial charge in [0, 0.05) is 12.2 Å². The fraction of sp³-hybridized carbons (Fsp3) is 0.105. The molecule has 0 aliphatic rings. The van der Waals surface area contributed by atoms with Gasteiger partial charge < -0.3 is 15.4 Å². The van der Waals surface area contributed by atoms with E-state index in [9.17, 15) is 22.4 Å². The Kier molecular flexibility index (Phi) is 5.91. The van der Waals surface area contributed by atoms with Gasteiger partial charge in [-0.25, -0.2) is 19.2 Å². The van der Waals surface area contributed by atoms with Crippen molar-refractivity contribution in [1.29, 1.82) is 0 Å². The van der Waals surface area contributed by atoms with E-state index in [2.05, 4.69) is 20.6 Å². The monoisotopic (exact) mass is 406 g/mol. The summed E-state index contributed by atoms with van der Waals surface area (Å²) in [4.78, 5) is 18.9. The summed E-state index contributed by atoms with van der Waals surface area (Å²) >= 11 is 0. The first-order chi connectivity index (χ1) is 13.8. The number of nitrogens with one attached hydrogen (secondary N) is 2. The Bertz CT molecular complexity index is 997. The fourth-order valence-corrected chi connectivity index (χ4v) is 2.31. The van der Waals surface area contributed by atoms with Crippen molar-refractivity contribution in [3.63, 3.8) is 0 Å². The summed E-state index contributed by atoms with van der Waals surface area (Å²) in [6.07, 6.45) is -5.27. The lowest BCUT2D eigenvalue weighted by Gasteiger charge is -2.14. The smallest absolute Gasteiger partial charge is 0.406 e. The Morgan fingerprint density at radius 2 is 1.83 bits per heavy atom. The maximum atomic E-state index is 13.3. The molecule has 0 unspecified atom stereocenters. The lowest BCUT2D eigenvalue weighted by Crippen LogP contribution is -2.27. The lowest BCUT2D eigenvalue weighted by molar-refractivity contribution is -0.142. The number of hydrogen-bond acceptors (Lipinski definition) is 5. The summed E-state index contributed by atoms with van der Waals surface area (Å²) in [5, 5.41) is 4.81. The van der Waals surface area contributed by atoms with E-state index in [0.717, 1.165) is 17.8 Å². The summed E-state index contributed by atoms with van der Waals surface area (Å²) in [7, 11) is 0. The zero-order valence-electron chi connectivity index (χ0n) is 14.7. The molecule has 1 heterocycles. The number of hydrogen-bond donors (Lipinski definition) is 2. The van der Waals surface area contributed by atoms with Crippen LogP contribution in [0, 0.1) is 5.82 Å². The second-order valence-corrected chi connectivity index (χ2v) is 5.77. The maximum absolute atomic E-state index is 13.3. The van der Waals surface area contributed by atoms with E-state index in [0.29, 0.717) is 0 Å². The molecule has 6 nitrogen and oxygen atoms in total. The van der Waals surface area contributed by atoms with Gasteiger partial charge in [0.1, 0.15) is 5.82 Å². The van der Waals surface area contributed by atoms with Crippen molar-refractivity contribution < 1.29 is 27.1 Å². The number of carbonyl (C=O) groups excluding carboxylic acids is 1. The third-order valence-electron chi connectivity index (χ3n) is 3.59. The van der Waals surface area contributed by atoms with Crippen LogP contribution in [0.25, 0.3) is 0 Å². The molecule has 0 bridgehead atoms. The van der Waals surface area contributed by atoms with Gasteiger partial charge in [-0.05, 0) is 23.8 Å². The standard InChI is InChI=1S/C19H14F4N4O2/c20-13-7-4-8-14(9-13)26-17-24-11-15(16(27-17)19(21,22)23)29-18(28)25-10-12-5-2-1-3-6-12/h1-9,11H,10H2,(H,25,28)(H,24,26,27). The van der Waals surface area contributed by atoms with Gasteiger partial charge in [0.05, 0.1) is 6.20 Å². The first-order valence-electron chi connectivity index (χ1n) is 8.28. The number of anilines is 2. The van der Waals surface area contributed by atoms with Gasteiger partial charge in [0.25, 0.3) is 0 Å². The highest BCUT2D eigenvalue weighted by Gasteiger charge is 2.38. The number of ether oxygens (including phenoxy) is 1. The van der Waals surface area contributed by atoms with Crippen molar-refractivity contribution in [1.82, 2.24) is 15.3 Å². The summed E-state index contributed by atoms with van der Waals surface area (Å²) < 4.78 is 58.0. The highest BCUT2D eigenvalue weighted by Crippen LogP contribution is 2.35. The number of benzene rings is 2. The Hall–Kier alpha value is -3.69. The van der Waals surface area contributed by atoms with Gasteiger partial charge in [-0.3, -0.25) is 0 Å². The molecule has 0 fully saturated rings. The van der Waals surface area contributed by atoms with Crippen LogP contribution >= 0.6 is 0 Å². The van der Waals surface area contributed by atoms with Crippen molar-refractivity contribution in [2.24, 2.45) is 0 Å². The molecular formula is C19H14F4N4O2. The van der Waals surface area contributed by atoms with Crippen LogP contribution in [0.15, 0.2) is 60.8 Å². The fourth-order valence-electron chi connectivity index (χ4n) is 2.31. The SMILES string of the molecule is O=C(NCc1ccccc1)Oc1cnc(Nc2cccc(F)c2)nc1C(F)(F)F. The van der Waals surface area contributed by atoms with Gasteiger partial charge in [0.2, 0.25) is 5.95 Å². The van der Waals surface area contributed by atoms with Crippen LogP contribution in [0.3, 0.4) is 0 Å². The molecule has 3 aromatic rings. The molecule has 1 aromatic heterocycles. The summed E-state index contributed by atoms with van der Waals surface area (Å²) in [5.41, 5.74) is -0.542. The van der Waals surface area contributed by atoms with Crippen molar-refractivity contribution in [3.8, 4) is 5.75 Å². The van der Waals surface area contributed by atoms with Crippen molar-refractivity contribution in [3.05, 3.63) is 77.9 Å². The number of carbonyl (C=O) groups is 1. The molecule has 0 radical (unpaired) electrons. The van der Waals surface area contributed by atoms with E-state index in [1.807, 2.05) is 0 Å². The number of amides is 1. The van der Waals surface area contributed by atoms with E-state index in [1.54, 1.807) is 30.3 Å². The number of rotatable bonds is 5. The molecular weight excluding hydrogens is 392 g/mol. The highest BCUT2D eigenvalue weighted by molar-refractivity contribution is 5.70. The largest absolute Gasteiger partial charge is 0.437 e. The zero-order valence-corrected chi connectivity index (χ0v) is 14.7. The topological polar surface area (TPSA) is 76.1 Å². The quantitative estimate of drug-likeness (QED) is 0.603. The first kappa shape index (κ1) is 20.1. The molecule has 0 aliphatic heterocycles. The second-order valence-electron chi connectivity index (χ2n) is 5.77. The van der Waals surface area contributed by atoms with Crippen LogP contribution in [-0.2, 0) is 12.7 Å². The van der Waals surface area contributed by atoms with Gasteiger partial charge in [0.15, 0.2) is 11.4 Å². The number of nitrogens with zero attached hydrogens (tertiary/aromatic N) is 2. The maximum Gasteiger partial charge on any atom is 0.437 e. The molecule has 1 amide bonds. The van der Waals surface area contributed by atoms with E-state index in [-0.39, 0.29) is 12.2 Å². The van der Waals surface area contributed by atoms with E-state index < -0.39 is 35.5 Å². The van der Waals surface area contributed by atoms with Crippen molar-refractivity contribution in [2.45, 2.75) is 12.7 Å². The molecule has 0 saturated heterocycles. The molecule has 0 atom stereocenters. The minimum Gasteiger partial charge on any atom is -0.406 e. The Labute approximate surface area is 162 Å². The van der Waals surface area contributed by atoms with Crippen LogP contribution in [0.2, 0.25) is 0 Å². The molecule has 2 aromatic carbocycles. The van der Waals surface area contributed by atoms with E-state index in [4.69, 9.17) is 4.74 Å². The molecule has 29 heavy (non-hydrogen) atoms. The number of aromatic nitrogens is 2. The Morgan fingerprint density at radius 1 is 1.07 bits per heavy atom. The minimum absolute atomic E-state index is 0.0705. The molecule has 0 aliphatic carbocycles. The van der Waals surface area contributed by atoms with Crippen molar-refractivity contribution in [2.75, 3.05) is 5.32 Å². The van der Waals surface area contributed by atoms with Gasteiger partial charge in [-0.2, -0.15) is 13.2 Å². The molecule has 10 heteroatoms. The number of halogens is 4. The number of alkyl halides is 3. The molecule has 0 saturated carbocycles. The third kappa shape index (κ3) is 5.64. The molecule has 2 N–H and O–H groups in total. The molecule has 0 spiro atoms. The average molecular weight is 406 g/mol. The molecule has 3 rings (SSSR count). The summed E-state index contributed by atoms with van der Waals surface area (Å²) in [5.74, 6) is -1.87. The zero-order chi connectivity index (χ0) is 20.9. The Morgan fingerprint density at radius 3 is 2.52 bits per heavy atom. The van der Waals surface area contributed by atoms with Crippen LogP contribution < -0.4 is 15.4 Å². The molecule has 150 valence electrons. The summed E-state index contributed by atoms with van der Waals surface area (Å²) in [6, 6.07) is 13.8. The van der Waals surface area contributed by atoms with Crippen LogP contribution in [0.5, 0.6) is 5.75 Å².